The van der Waals surface area contributed by atoms with E-state index in [4.69, 9.17) is 26.8 Å². The molecular formula is C17H25ClIN3O3. The van der Waals surface area contributed by atoms with Crippen LogP contribution in [0.2, 0.25) is 5.02 Å². The van der Waals surface area contributed by atoms with Crippen molar-refractivity contribution in [3.05, 3.63) is 23.2 Å². The van der Waals surface area contributed by atoms with E-state index in [0.29, 0.717) is 30.2 Å². The quantitative estimate of drug-likeness (QED) is 0.202. The summed E-state index contributed by atoms with van der Waals surface area (Å²) < 4.78 is 10.5. The van der Waals surface area contributed by atoms with Gasteiger partial charge in [-0.1, -0.05) is 11.6 Å². The summed E-state index contributed by atoms with van der Waals surface area (Å²) in [5.74, 6) is 0.726. The second kappa shape index (κ2) is 11.4. The third kappa shape index (κ3) is 7.68. The number of hydrogen-bond acceptors (Lipinski definition) is 4. The molecule has 0 atom stereocenters. The van der Waals surface area contributed by atoms with Crippen molar-refractivity contribution in [3.8, 4) is 5.75 Å². The number of anilines is 1. The number of methoxy groups -OCH3 is 1. The van der Waals surface area contributed by atoms with Gasteiger partial charge in [-0.25, -0.2) is 0 Å². The number of nitrogens with one attached hydrogen (secondary N) is 1. The Morgan fingerprint density at radius 2 is 2.12 bits per heavy atom. The Bertz CT molecular complexity index is 593. The molecule has 0 heterocycles. The fraction of sp³-hybridized carbons (Fsp3) is 0.529. The molecule has 0 unspecified atom stereocenters. The van der Waals surface area contributed by atoms with Crippen molar-refractivity contribution in [3.63, 3.8) is 0 Å². The smallest absolute Gasteiger partial charge is 0.306 e. The number of nitrogens with two attached hydrogens (primary N) is 1. The molecular weight excluding hydrogens is 457 g/mol. The molecule has 0 radical (unpaired) electrons. The SMILES string of the molecule is COc1ccc(NC(N)=NCCCC(=O)OC2CCCC2)cc1Cl.I. The predicted octanol–water partition coefficient (Wildman–Crippen LogP) is 3.96. The zero-order valence-electron chi connectivity index (χ0n) is 14.3. The van der Waals surface area contributed by atoms with Gasteiger partial charge >= 0.3 is 5.97 Å². The van der Waals surface area contributed by atoms with Gasteiger partial charge in [-0.2, -0.15) is 0 Å². The van der Waals surface area contributed by atoms with E-state index in [1.54, 1.807) is 25.3 Å². The summed E-state index contributed by atoms with van der Waals surface area (Å²) in [7, 11) is 1.56. The van der Waals surface area contributed by atoms with Gasteiger partial charge in [0.25, 0.3) is 0 Å². The molecule has 140 valence electrons. The molecule has 1 fully saturated rings. The number of rotatable bonds is 7. The fourth-order valence-corrected chi connectivity index (χ4v) is 2.86. The van der Waals surface area contributed by atoms with Gasteiger partial charge in [-0.05, 0) is 50.3 Å². The van der Waals surface area contributed by atoms with Crippen LogP contribution in [0.1, 0.15) is 38.5 Å². The fourth-order valence-electron chi connectivity index (χ4n) is 2.61. The van der Waals surface area contributed by atoms with Crippen molar-refractivity contribution in [1.82, 2.24) is 0 Å². The molecule has 2 rings (SSSR count). The summed E-state index contributed by atoms with van der Waals surface area (Å²) in [5.41, 5.74) is 6.55. The van der Waals surface area contributed by atoms with Crippen LogP contribution in [0, 0.1) is 0 Å². The van der Waals surface area contributed by atoms with Gasteiger partial charge in [-0.15, -0.1) is 24.0 Å². The number of nitrogens with zero attached hydrogens (tertiary/aromatic N) is 1. The Kier molecular flexibility index (Phi) is 9.96. The minimum Gasteiger partial charge on any atom is -0.495 e. The summed E-state index contributed by atoms with van der Waals surface area (Å²) in [6.07, 6.45) is 5.38. The molecule has 1 aliphatic rings. The Morgan fingerprint density at radius 3 is 2.76 bits per heavy atom. The van der Waals surface area contributed by atoms with Gasteiger partial charge in [0.15, 0.2) is 5.96 Å². The molecule has 0 spiro atoms. The summed E-state index contributed by atoms with van der Waals surface area (Å²) in [6, 6.07) is 5.25. The van der Waals surface area contributed by atoms with E-state index in [1.807, 2.05) is 0 Å². The van der Waals surface area contributed by atoms with Gasteiger partial charge in [-0.3, -0.25) is 9.79 Å². The monoisotopic (exact) mass is 481 g/mol. The van der Waals surface area contributed by atoms with Crippen LogP contribution in [-0.2, 0) is 9.53 Å². The number of halogens is 2. The average Bonchev–Trinajstić information content (AvgIpc) is 3.04. The number of ether oxygens (including phenoxy) is 2. The van der Waals surface area contributed by atoms with Crippen LogP contribution >= 0.6 is 35.6 Å². The number of aliphatic imine (C=N–C) groups is 1. The Balaban J connectivity index is 0.00000312. The third-order valence-corrected chi connectivity index (χ3v) is 4.14. The molecule has 1 aromatic rings. The first-order valence-corrected chi connectivity index (χ1v) is 8.56. The molecule has 1 saturated carbocycles. The summed E-state index contributed by atoms with van der Waals surface area (Å²) in [6.45, 7) is 0.461. The Hall–Kier alpha value is -1.22. The lowest BCUT2D eigenvalue weighted by Crippen LogP contribution is -2.23. The van der Waals surface area contributed by atoms with Crippen LogP contribution in [0.5, 0.6) is 5.75 Å². The second-order valence-electron chi connectivity index (χ2n) is 5.74. The zero-order valence-corrected chi connectivity index (χ0v) is 17.4. The van der Waals surface area contributed by atoms with Gasteiger partial charge in [0.05, 0.1) is 12.1 Å². The summed E-state index contributed by atoms with van der Waals surface area (Å²) in [4.78, 5) is 15.9. The van der Waals surface area contributed by atoms with Crippen molar-refractivity contribution >= 4 is 53.2 Å². The first-order valence-electron chi connectivity index (χ1n) is 8.18. The highest BCUT2D eigenvalue weighted by molar-refractivity contribution is 14.0. The summed E-state index contributed by atoms with van der Waals surface area (Å²) in [5, 5.41) is 3.44. The zero-order chi connectivity index (χ0) is 17.4. The molecule has 3 N–H and O–H groups in total. The van der Waals surface area contributed by atoms with Crippen molar-refractivity contribution in [1.29, 1.82) is 0 Å². The van der Waals surface area contributed by atoms with Crippen LogP contribution in [0.25, 0.3) is 0 Å². The van der Waals surface area contributed by atoms with Gasteiger partial charge in [0.2, 0.25) is 0 Å². The van der Waals surface area contributed by atoms with E-state index < -0.39 is 0 Å². The van der Waals surface area contributed by atoms with E-state index in [0.717, 1.165) is 31.4 Å². The molecule has 25 heavy (non-hydrogen) atoms. The van der Waals surface area contributed by atoms with Crippen LogP contribution in [0.4, 0.5) is 5.69 Å². The second-order valence-corrected chi connectivity index (χ2v) is 6.15. The maximum Gasteiger partial charge on any atom is 0.306 e. The predicted molar refractivity (Wildman–Crippen MR) is 111 cm³/mol. The van der Waals surface area contributed by atoms with E-state index >= 15 is 0 Å². The van der Waals surface area contributed by atoms with Gasteiger partial charge < -0.3 is 20.5 Å². The average molecular weight is 482 g/mol. The highest BCUT2D eigenvalue weighted by atomic mass is 127. The first kappa shape index (κ1) is 21.8. The highest BCUT2D eigenvalue weighted by Crippen LogP contribution is 2.27. The largest absolute Gasteiger partial charge is 0.495 e. The minimum absolute atomic E-state index is 0. The lowest BCUT2D eigenvalue weighted by molar-refractivity contribution is -0.148. The molecule has 1 aliphatic carbocycles. The van der Waals surface area contributed by atoms with Crippen LogP contribution < -0.4 is 15.8 Å². The minimum atomic E-state index is -0.148. The van der Waals surface area contributed by atoms with E-state index in [-0.39, 0.29) is 42.0 Å². The maximum absolute atomic E-state index is 11.7. The molecule has 8 heteroatoms. The normalized spacial score (nSPS) is 14.7. The van der Waals surface area contributed by atoms with Crippen molar-refractivity contribution < 1.29 is 14.3 Å². The number of esters is 1. The standard InChI is InChI=1S/C17H24ClN3O3.HI/c1-23-15-9-8-12(11-14(15)18)21-17(19)20-10-4-7-16(22)24-13-5-2-3-6-13;/h8-9,11,13H,2-7,10H2,1H3,(H3,19,20,21);1H. The number of carbonyl (C=O) groups excluding carboxylic acids is 1. The highest BCUT2D eigenvalue weighted by Gasteiger charge is 2.18. The number of benzene rings is 1. The lowest BCUT2D eigenvalue weighted by Gasteiger charge is -2.11. The van der Waals surface area contributed by atoms with Gasteiger partial charge in [0, 0.05) is 18.7 Å². The molecule has 0 aromatic heterocycles. The Morgan fingerprint density at radius 1 is 1.40 bits per heavy atom. The van der Waals surface area contributed by atoms with E-state index in [2.05, 4.69) is 10.3 Å². The van der Waals surface area contributed by atoms with Crippen molar-refractivity contribution in [2.24, 2.45) is 10.7 Å². The Labute approximate surface area is 170 Å². The number of guanidine groups is 1. The van der Waals surface area contributed by atoms with Crippen molar-refractivity contribution in [2.75, 3.05) is 19.0 Å². The van der Waals surface area contributed by atoms with Gasteiger partial charge in [0.1, 0.15) is 11.9 Å². The maximum atomic E-state index is 11.7. The first-order chi connectivity index (χ1) is 11.6. The molecule has 6 nitrogen and oxygen atoms in total. The van der Waals surface area contributed by atoms with Crippen molar-refractivity contribution in [2.45, 2.75) is 44.6 Å². The van der Waals surface area contributed by atoms with E-state index in [9.17, 15) is 4.79 Å². The van der Waals surface area contributed by atoms with Crippen LogP contribution in [-0.4, -0.2) is 31.7 Å². The molecule has 0 saturated heterocycles. The molecule has 0 aliphatic heterocycles. The lowest BCUT2D eigenvalue weighted by atomic mass is 10.3. The molecule has 0 bridgehead atoms. The molecule has 1 aromatic carbocycles. The van der Waals surface area contributed by atoms with E-state index in [1.165, 1.54) is 0 Å². The topological polar surface area (TPSA) is 85.9 Å². The van der Waals surface area contributed by atoms with Crippen LogP contribution in [0.3, 0.4) is 0 Å². The molecule has 0 amide bonds. The summed E-state index contributed by atoms with van der Waals surface area (Å²) >= 11 is 6.05. The number of hydrogen-bond donors (Lipinski definition) is 2. The third-order valence-electron chi connectivity index (χ3n) is 3.85. The van der Waals surface area contributed by atoms with Crippen LogP contribution in [0.15, 0.2) is 23.2 Å². The number of carbonyl (C=O) groups is 1.